The van der Waals surface area contributed by atoms with Gasteiger partial charge in [-0.2, -0.15) is 4.99 Å². The zero-order valence-corrected chi connectivity index (χ0v) is 10.5. The fourth-order valence-electron chi connectivity index (χ4n) is 1.50. The zero-order valence-electron chi connectivity index (χ0n) is 10.5. The molecular formula is C14H14N2O3. The van der Waals surface area contributed by atoms with E-state index in [1.54, 1.807) is 19.1 Å². The third-order valence-corrected chi connectivity index (χ3v) is 2.22. The lowest BCUT2D eigenvalue weighted by Gasteiger charge is -1.98. The van der Waals surface area contributed by atoms with E-state index in [1.807, 2.05) is 36.4 Å². The van der Waals surface area contributed by atoms with Gasteiger partial charge in [-0.1, -0.05) is 36.4 Å². The number of carbonyl (C=O) groups excluding carboxylic acids is 2. The van der Waals surface area contributed by atoms with Crippen LogP contribution in [0.4, 0.5) is 10.5 Å². The van der Waals surface area contributed by atoms with Gasteiger partial charge in [0.25, 0.3) is 0 Å². The summed E-state index contributed by atoms with van der Waals surface area (Å²) in [6.07, 6.45) is 0.840. The topological polar surface area (TPSA) is 81.8 Å². The summed E-state index contributed by atoms with van der Waals surface area (Å²) in [6, 6.07) is 13.5. The van der Waals surface area contributed by atoms with E-state index in [-0.39, 0.29) is 0 Å². The minimum absolute atomic E-state index is 0.356. The predicted octanol–water partition coefficient (Wildman–Crippen LogP) is 2.91. The van der Waals surface area contributed by atoms with Gasteiger partial charge in [0.15, 0.2) is 0 Å². The molecular weight excluding hydrogens is 244 g/mol. The molecule has 5 nitrogen and oxygen atoms in total. The molecule has 1 amide bonds. The summed E-state index contributed by atoms with van der Waals surface area (Å²) < 4.78 is 4.18. The minimum Gasteiger partial charge on any atom is -0.450 e. The number of rotatable bonds is 2. The largest absolute Gasteiger partial charge is 0.450 e. The van der Waals surface area contributed by atoms with E-state index in [9.17, 15) is 9.59 Å². The third kappa shape index (κ3) is 4.61. The Labute approximate surface area is 110 Å². The van der Waals surface area contributed by atoms with Crippen LogP contribution in [-0.2, 0) is 9.53 Å². The molecule has 0 aliphatic rings. The lowest BCUT2D eigenvalue weighted by Crippen LogP contribution is -2.11. The number of benzene rings is 2. The average molecular weight is 258 g/mol. The summed E-state index contributed by atoms with van der Waals surface area (Å²) in [7, 11) is 0. The van der Waals surface area contributed by atoms with Gasteiger partial charge in [-0.15, -0.1) is 0 Å². The van der Waals surface area contributed by atoms with Crippen molar-refractivity contribution in [3.8, 4) is 0 Å². The molecule has 2 N–H and O–H groups in total. The SMILES string of the molecule is CCOC(N)=O.O=C=Nc1cccc2ccccc12. The van der Waals surface area contributed by atoms with Gasteiger partial charge in [-0.3, -0.25) is 0 Å². The molecule has 0 fully saturated rings. The van der Waals surface area contributed by atoms with Gasteiger partial charge >= 0.3 is 6.09 Å². The lowest BCUT2D eigenvalue weighted by atomic mass is 10.1. The van der Waals surface area contributed by atoms with Crippen LogP contribution in [0.2, 0.25) is 0 Å². The number of fused-ring (bicyclic) bond motifs is 1. The molecule has 0 saturated heterocycles. The number of nitrogens with two attached hydrogens (primary N) is 1. The number of isocyanates is 1. The van der Waals surface area contributed by atoms with Gasteiger partial charge in [0.1, 0.15) is 0 Å². The smallest absolute Gasteiger partial charge is 0.404 e. The molecule has 0 aliphatic carbocycles. The van der Waals surface area contributed by atoms with Crippen LogP contribution in [0, 0.1) is 0 Å². The highest BCUT2D eigenvalue weighted by molar-refractivity contribution is 5.93. The van der Waals surface area contributed by atoms with Crippen LogP contribution < -0.4 is 5.73 Å². The Balaban J connectivity index is 0.000000258. The Morgan fingerprint density at radius 1 is 1.26 bits per heavy atom. The molecule has 0 heterocycles. The second-order valence-electron chi connectivity index (χ2n) is 3.45. The molecule has 0 unspecified atom stereocenters. The number of carbonyl (C=O) groups is 1. The molecule has 0 atom stereocenters. The van der Waals surface area contributed by atoms with Crippen molar-refractivity contribution in [2.75, 3.05) is 6.61 Å². The Morgan fingerprint density at radius 2 is 1.95 bits per heavy atom. The lowest BCUT2D eigenvalue weighted by molar-refractivity contribution is 0.163. The summed E-state index contributed by atoms with van der Waals surface area (Å²) in [6.45, 7) is 2.06. The second kappa shape index (κ2) is 7.63. The van der Waals surface area contributed by atoms with Gasteiger partial charge in [-0.25, -0.2) is 9.59 Å². The van der Waals surface area contributed by atoms with Crippen molar-refractivity contribution >= 4 is 28.6 Å². The molecule has 0 radical (unpaired) electrons. The molecule has 5 heteroatoms. The van der Waals surface area contributed by atoms with Gasteiger partial charge < -0.3 is 10.5 Å². The highest BCUT2D eigenvalue weighted by atomic mass is 16.5. The monoisotopic (exact) mass is 258 g/mol. The van der Waals surface area contributed by atoms with Gasteiger partial charge in [0.2, 0.25) is 6.08 Å². The molecule has 0 aromatic heterocycles. The van der Waals surface area contributed by atoms with E-state index in [1.165, 1.54) is 0 Å². The number of primary amides is 1. The minimum atomic E-state index is -0.711. The first kappa shape index (κ1) is 14.4. The molecule has 2 aromatic carbocycles. The summed E-state index contributed by atoms with van der Waals surface area (Å²) in [4.78, 5) is 23.4. The molecule has 98 valence electrons. The molecule has 0 spiro atoms. The number of ether oxygens (including phenoxy) is 1. The van der Waals surface area contributed by atoms with Crippen LogP contribution in [0.3, 0.4) is 0 Å². The Morgan fingerprint density at radius 3 is 2.53 bits per heavy atom. The highest BCUT2D eigenvalue weighted by Crippen LogP contribution is 2.24. The number of hydrogen-bond donors (Lipinski definition) is 1. The van der Waals surface area contributed by atoms with Crippen molar-refractivity contribution in [2.45, 2.75) is 6.92 Å². The quantitative estimate of drug-likeness (QED) is 0.664. The third-order valence-electron chi connectivity index (χ3n) is 2.22. The van der Waals surface area contributed by atoms with Gasteiger partial charge in [-0.05, 0) is 18.4 Å². The maximum atomic E-state index is 10.1. The number of hydrogen-bond acceptors (Lipinski definition) is 4. The summed E-state index contributed by atoms with van der Waals surface area (Å²) in [5.41, 5.74) is 5.22. The average Bonchev–Trinajstić information content (AvgIpc) is 2.40. The summed E-state index contributed by atoms with van der Waals surface area (Å²) in [5.74, 6) is 0. The maximum Gasteiger partial charge on any atom is 0.404 e. The fourth-order valence-corrected chi connectivity index (χ4v) is 1.50. The predicted molar refractivity (Wildman–Crippen MR) is 72.9 cm³/mol. The molecule has 0 aliphatic heterocycles. The zero-order chi connectivity index (χ0) is 14.1. The van der Waals surface area contributed by atoms with Crippen molar-refractivity contribution < 1.29 is 14.3 Å². The van der Waals surface area contributed by atoms with E-state index in [0.29, 0.717) is 12.3 Å². The summed E-state index contributed by atoms with van der Waals surface area (Å²) >= 11 is 0. The Hall–Kier alpha value is -2.65. The molecule has 2 aromatic rings. The van der Waals surface area contributed by atoms with E-state index in [2.05, 4.69) is 15.5 Å². The first-order valence-corrected chi connectivity index (χ1v) is 5.67. The Kier molecular flexibility index (Phi) is 5.79. The Bertz CT molecular complexity index is 599. The van der Waals surface area contributed by atoms with Gasteiger partial charge in [0, 0.05) is 5.39 Å². The number of nitrogens with zero attached hydrogens (tertiary/aromatic N) is 1. The molecule has 0 saturated carbocycles. The van der Waals surface area contributed by atoms with Crippen molar-refractivity contribution in [1.82, 2.24) is 0 Å². The summed E-state index contributed by atoms with van der Waals surface area (Å²) in [5, 5.41) is 2.06. The van der Waals surface area contributed by atoms with E-state index in [0.717, 1.165) is 10.8 Å². The first-order valence-electron chi connectivity index (χ1n) is 5.67. The fraction of sp³-hybridized carbons (Fsp3) is 0.143. The highest BCUT2D eigenvalue weighted by Gasteiger charge is 1.96. The van der Waals surface area contributed by atoms with Crippen LogP contribution in [-0.4, -0.2) is 18.8 Å². The van der Waals surface area contributed by atoms with Crippen molar-refractivity contribution in [3.05, 3.63) is 42.5 Å². The van der Waals surface area contributed by atoms with Gasteiger partial charge in [0.05, 0.1) is 12.3 Å². The van der Waals surface area contributed by atoms with Crippen LogP contribution >= 0.6 is 0 Å². The first-order chi connectivity index (χ1) is 9.19. The standard InChI is InChI=1S/C11H7NO.C3H7NO2/c13-8-12-11-7-3-5-9-4-1-2-6-10(9)11;1-2-6-3(4)5/h1-7H;2H2,1H3,(H2,4,5). The van der Waals surface area contributed by atoms with E-state index >= 15 is 0 Å². The van der Waals surface area contributed by atoms with Crippen LogP contribution in [0.25, 0.3) is 10.8 Å². The van der Waals surface area contributed by atoms with E-state index < -0.39 is 6.09 Å². The number of amides is 1. The number of aliphatic imine (C=N–C) groups is 1. The normalized spacial score (nSPS) is 8.89. The van der Waals surface area contributed by atoms with Crippen LogP contribution in [0.1, 0.15) is 6.92 Å². The molecule has 0 bridgehead atoms. The van der Waals surface area contributed by atoms with Crippen molar-refractivity contribution in [2.24, 2.45) is 10.7 Å². The van der Waals surface area contributed by atoms with Crippen molar-refractivity contribution in [3.63, 3.8) is 0 Å². The maximum absolute atomic E-state index is 10.1. The molecule has 19 heavy (non-hydrogen) atoms. The van der Waals surface area contributed by atoms with Crippen molar-refractivity contribution in [1.29, 1.82) is 0 Å². The van der Waals surface area contributed by atoms with E-state index in [4.69, 9.17) is 0 Å². The molecule has 2 rings (SSSR count). The second-order valence-corrected chi connectivity index (χ2v) is 3.45. The van der Waals surface area contributed by atoms with Crippen LogP contribution in [0.15, 0.2) is 47.5 Å². The van der Waals surface area contributed by atoms with Crippen LogP contribution in [0.5, 0.6) is 0 Å².